The monoisotopic (exact) mass is 258 g/mol. The average Bonchev–Trinajstić information content (AvgIpc) is 3.05. The molecule has 0 bridgehead atoms. The number of hydrogen-bond acceptors (Lipinski definition) is 2. The first-order valence-corrected chi connectivity index (χ1v) is 6.80. The van der Waals surface area contributed by atoms with Crippen LogP contribution in [0.1, 0.15) is 28.8 Å². The Morgan fingerprint density at radius 2 is 2.11 bits per heavy atom. The summed E-state index contributed by atoms with van der Waals surface area (Å²) in [6, 6.07) is 5.46. The van der Waals surface area contributed by atoms with E-state index in [2.05, 4.69) is 9.88 Å². The summed E-state index contributed by atoms with van der Waals surface area (Å²) in [7, 11) is 0. The third-order valence-electron chi connectivity index (χ3n) is 3.93. The van der Waals surface area contributed by atoms with Gasteiger partial charge in [0.05, 0.1) is 11.1 Å². The van der Waals surface area contributed by atoms with Crippen LogP contribution in [0.15, 0.2) is 24.4 Å². The van der Waals surface area contributed by atoms with E-state index >= 15 is 0 Å². The van der Waals surface area contributed by atoms with Gasteiger partial charge in [0, 0.05) is 18.1 Å². The first-order chi connectivity index (χ1) is 9.25. The molecule has 1 aliphatic rings. The van der Waals surface area contributed by atoms with E-state index in [0.717, 1.165) is 23.9 Å². The Balaban J connectivity index is 1.84. The van der Waals surface area contributed by atoms with Crippen molar-refractivity contribution in [2.24, 2.45) is 0 Å². The van der Waals surface area contributed by atoms with Crippen molar-refractivity contribution in [2.45, 2.75) is 19.3 Å². The minimum Gasteiger partial charge on any atom is -0.478 e. The number of nitrogens with zero attached hydrogens (tertiary/aromatic N) is 1. The van der Waals surface area contributed by atoms with Gasteiger partial charge < -0.3 is 15.0 Å². The molecule has 3 rings (SSSR count). The molecule has 0 unspecified atom stereocenters. The van der Waals surface area contributed by atoms with Gasteiger partial charge in [0.2, 0.25) is 0 Å². The summed E-state index contributed by atoms with van der Waals surface area (Å²) in [5, 5.41) is 10.2. The third-order valence-corrected chi connectivity index (χ3v) is 3.93. The third kappa shape index (κ3) is 2.36. The van der Waals surface area contributed by atoms with Crippen molar-refractivity contribution < 1.29 is 9.90 Å². The molecule has 0 radical (unpaired) electrons. The zero-order valence-corrected chi connectivity index (χ0v) is 10.9. The molecule has 0 amide bonds. The van der Waals surface area contributed by atoms with Gasteiger partial charge in [-0.05, 0) is 44.0 Å². The number of aromatic nitrogens is 1. The summed E-state index contributed by atoms with van der Waals surface area (Å²) in [6.45, 7) is 3.45. The van der Waals surface area contributed by atoms with Crippen LogP contribution in [0, 0.1) is 0 Å². The molecule has 1 aromatic heterocycles. The summed E-state index contributed by atoms with van der Waals surface area (Å²) >= 11 is 0. The Kier molecular flexibility index (Phi) is 3.25. The second kappa shape index (κ2) is 5.05. The average molecular weight is 258 g/mol. The number of fused-ring (bicyclic) bond motifs is 1. The zero-order chi connectivity index (χ0) is 13.2. The Labute approximate surface area is 112 Å². The van der Waals surface area contributed by atoms with Crippen molar-refractivity contribution in [1.82, 2.24) is 9.88 Å². The molecule has 1 aliphatic heterocycles. The van der Waals surface area contributed by atoms with E-state index in [1.54, 1.807) is 6.07 Å². The number of aromatic amines is 1. The topological polar surface area (TPSA) is 56.3 Å². The first-order valence-electron chi connectivity index (χ1n) is 6.80. The molecule has 1 saturated heterocycles. The van der Waals surface area contributed by atoms with Crippen molar-refractivity contribution in [3.63, 3.8) is 0 Å². The molecule has 0 atom stereocenters. The van der Waals surface area contributed by atoms with Crippen molar-refractivity contribution in [2.75, 3.05) is 19.6 Å². The van der Waals surface area contributed by atoms with Gasteiger partial charge in [-0.25, -0.2) is 4.79 Å². The molecule has 2 aromatic rings. The second-order valence-electron chi connectivity index (χ2n) is 5.15. The minimum atomic E-state index is -0.876. The van der Waals surface area contributed by atoms with Gasteiger partial charge in [0.25, 0.3) is 0 Å². The largest absolute Gasteiger partial charge is 0.478 e. The number of carboxylic acid groups (broad SMARTS) is 1. The Bertz CT molecular complexity index is 597. The lowest BCUT2D eigenvalue weighted by molar-refractivity contribution is 0.0699. The van der Waals surface area contributed by atoms with Crippen molar-refractivity contribution in [3.8, 4) is 0 Å². The van der Waals surface area contributed by atoms with Gasteiger partial charge >= 0.3 is 5.97 Å². The Hall–Kier alpha value is -1.81. The number of para-hydroxylation sites is 1. The van der Waals surface area contributed by atoms with Crippen LogP contribution in [0.25, 0.3) is 10.9 Å². The summed E-state index contributed by atoms with van der Waals surface area (Å²) in [6.07, 6.45) is 5.53. The maximum Gasteiger partial charge on any atom is 0.337 e. The molecule has 4 nitrogen and oxygen atoms in total. The molecule has 4 heteroatoms. The van der Waals surface area contributed by atoms with Crippen LogP contribution in [0.3, 0.4) is 0 Å². The Morgan fingerprint density at radius 3 is 2.84 bits per heavy atom. The molecule has 0 saturated carbocycles. The number of likely N-dealkylation sites (tertiary alicyclic amines) is 1. The molecular weight excluding hydrogens is 240 g/mol. The van der Waals surface area contributed by atoms with Gasteiger partial charge in [-0.1, -0.05) is 12.1 Å². The highest BCUT2D eigenvalue weighted by atomic mass is 16.4. The number of benzene rings is 1. The second-order valence-corrected chi connectivity index (χ2v) is 5.15. The van der Waals surface area contributed by atoms with Crippen molar-refractivity contribution in [1.29, 1.82) is 0 Å². The molecule has 100 valence electrons. The summed E-state index contributed by atoms with van der Waals surface area (Å²) in [5.74, 6) is -0.876. The molecule has 2 heterocycles. The summed E-state index contributed by atoms with van der Waals surface area (Å²) in [4.78, 5) is 16.7. The van der Waals surface area contributed by atoms with Crippen LogP contribution in [0.2, 0.25) is 0 Å². The number of aromatic carboxylic acids is 1. The maximum absolute atomic E-state index is 11.2. The quantitative estimate of drug-likeness (QED) is 0.886. The predicted octanol–water partition coefficient (Wildman–Crippen LogP) is 2.50. The minimum absolute atomic E-state index is 0.352. The van der Waals surface area contributed by atoms with Gasteiger partial charge in [0.1, 0.15) is 0 Å². The van der Waals surface area contributed by atoms with Crippen molar-refractivity contribution >= 4 is 16.9 Å². The first kappa shape index (κ1) is 12.2. The van der Waals surface area contributed by atoms with Gasteiger partial charge in [-0.15, -0.1) is 0 Å². The smallest absolute Gasteiger partial charge is 0.337 e. The molecule has 19 heavy (non-hydrogen) atoms. The van der Waals surface area contributed by atoms with E-state index in [4.69, 9.17) is 5.11 Å². The van der Waals surface area contributed by atoms with Crippen LogP contribution in [-0.2, 0) is 6.42 Å². The number of H-pyrrole nitrogens is 1. The normalized spacial score (nSPS) is 16.2. The number of nitrogens with one attached hydrogen (secondary N) is 1. The molecular formula is C15H18N2O2. The molecule has 2 N–H and O–H groups in total. The molecule has 1 fully saturated rings. The fraction of sp³-hybridized carbons (Fsp3) is 0.400. The van der Waals surface area contributed by atoms with E-state index in [1.165, 1.54) is 31.5 Å². The van der Waals surface area contributed by atoms with Gasteiger partial charge in [-0.2, -0.15) is 0 Å². The molecule has 0 spiro atoms. The fourth-order valence-electron chi connectivity index (χ4n) is 2.88. The SMILES string of the molecule is O=C(O)c1cccc2c(CCN3CCCC3)c[nH]c12. The summed E-state index contributed by atoms with van der Waals surface area (Å²) in [5.41, 5.74) is 2.31. The van der Waals surface area contributed by atoms with Gasteiger partial charge in [0.15, 0.2) is 0 Å². The number of hydrogen-bond donors (Lipinski definition) is 2. The number of rotatable bonds is 4. The lowest BCUT2D eigenvalue weighted by Gasteiger charge is -2.13. The lowest BCUT2D eigenvalue weighted by Crippen LogP contribution is -2.21. The number of carboxylic acids is 1. The van der Waals surface area contributed by atoms with Crippen LogP contribution < -0.4 is 0 Å². The molecule has 0 aliphatic carbocycles. The lowest BCUT2D eigenvalue weighted by atomic mass is 10.1. The van der Waals surface area contributed by atoms with E-state index in [9.17, 15) is 4.79 Å². The van der Waals surface area contributed by atoms with Crippen LogP contribution in [0.5, 0.6) is 0 Å². The highest BCUT2D eigenvalue weighted by molar-refractivity contribution is 6.02. The van der Waals surface area contributed by atoms with E-state index in [0.29, 0.717) is 5.56 Å². The van der Waals surface area contributed by atoms with E-state index in [1.807, 2.05) is 18.3 Å². The standard InChI is InChI=1S/C15H18N2O2/c18-15(19)13-5-3-4-12-11(10-16-14(12)13)6-9-17-7-1-2-8-17/h3-5,10,16H,1-2,6-9H2,(H,18,19). The molecule has 1 aromatic carbocycles. The maximum atomic E-state index is 11.2. The van der Waals surface area contributed by atoms with Crippen molar-refractivity contribution in [3.05, 3.63) is 35.5 Å². The Morgan fingerprint density at radius 1 is 1.32 bits per heavy atom. The van der Waals surface area contributed by atoms with Crippen LogP contribution >= 0.6 is 0 Å². The summed E-state index contributed by atoms with van der Waals surface area (Å²) < 4.78 is 0. The highest BCUT2D eigenvalue weighted by Crippen LogP contribution is 2.22. The van der Waals surface area contributed by atoms with E-state index in [-0.39, 0.29) is 0 Å². The fourth-order valence-corrected chi connectivity index (χ4v) is 2.88. The predicted molar refractivity (Wildman–Crippen MR) is 74.6 cm³/mol. The van der Waals surface area contributed by atoms with Gasteiger partial charge in [-0.3, -0.25) is 0 Å². The van der Waals surface area contributed by atoms with Crippen LogP contribution in [0.4, 0.5) is 0 Å². The highest BCUT2D eigenvalue weighted by Gasteiger charge is 2.14. The van der Waals surface area contributed by atoms with Crippen LogP contribution in [-0.4, -0.2) is 40.6 Å². The number of carbonyl (C=O) groups is 1. The van der Waals surface area contributed by atoms with E-state index < -0.39 is 5.97 Å². The zero-order valence-electron chi connectivity index (χ0n) is 10.9.